The van der Waals surface area contributed by atoms with Gasteiger partial charge in [-0.15, -0.1) is 0 Å². The van der Waals surface area contributed by atoms with Crippen LogP contribution in [0.1, 0.15) is 121 Å². The van der Waals surface area contributed by atoms with Gasteiger partial charge in [0.05, 0.1) is 5.56 Å². The zero-order valence-corrected chi connectivity index (χ0v) is 30.8. The lowest BCUT2D eigenvalue weighted by molar-refractivity contribution is 0.215. The van der Waals surface area contributed by atoms with Crippen molar-refractivity contribution in [2.45, 2.75) is 119 Å². The first-order valence-corrected chi connectivity index (χ1v) is 18.1. The van der Waals surface area contributed by atoms with Gasteiger partial charge < -0.3 is 19.7 Å². The predicted molar refractivity (Wildman–Crippen MR) is 205 cm³/mol. The average Bonchev–Trinajstić information content (AvgIpc) is 3.02. The van der Waals surface area contributed by atoms with Crippen LogP contribution in [0.3, 0.4) is 0 Å². The van der Waals surface area contributed by atoms with Crippen LogP contribution >= 0.6 is 0 Å². The normalized spacial score (nSPS) is 11.4. The first-order chi connectivity index (χ1) is 23.0. The Morgan fingerprint density at radius 2 is 1.35 bits per heavy atom. The second-order valence-corrected chi connectivity index (χ2v) is 13.6. The molecule has 0 spiro atoms. The summed E-state index contributed by atoms with van der Waals surface area (Å²) in [6.07, 6.45) is 15.6. The van der Waals surface area contributed by atoms with E-state index in [1.165, 1.54) is 11.1 Å². The van der Waals surface area contributed by atoms with E-state index >= 15 is 0 Å². The van der Waals surface area contributed by atoms with Crippen LogP contribution < -0.4 is 9.47 Å². The van der Waals surface area contributed by atoms with Crippen LogP contribution in [0.15, 0.2) is 72.3 Å². The van der Waals surface area contributed by atoms with E-state index < -0.39 is 0 Å². The van der Waals surface area contributed by atoms with Crippen LogP contribution in [0.5, 0.6) is 23.0 Å². The van der Waals surface area contributed by atoms with E-state index in [2.05, 4.69) is 90.6 Å². The van der Waals surface area contributed by atoms with Gasteiger partial charge in [0, 0.05) is 5.56 Å². The molecule has 0 atom stereocenters. The van der Waals surface area contributed by atoms with Gasteiger partial charge in [0.25, 0.3) is 0 Å². The summed E-state index contributed by atoms with van der Waals surface area (Å²) in [6.45, 7) is 19.6. The summed E-state index contributed by atoms with van der Waals surface area (Å²) in [4.78, 5) is 0. The Kier molecular flexibility index (Phi) is 15.9. The van der Waals surface area contributed by atoms with E-state index in [9.17, 15) is 10.2 Å². The molecular formula is C44H60O4. The third-order valence-electron chi connectivity index (χ3n) is 8.77. The maximum absolute atomic E-state index is 11.4. The van der Waals surface area contributed by atoms with Crippen LogP contribution in [0.4, 0.5) is 0 Å². The molecule has 48 heavy (non-hydrogen) atoms. The average molecular weight is 653 g/mol. The quantitative estimate of drug-likeness (QED) is 0.0942. The summed E-state index contributed by atoms with van der Waals surface area (Å²) in [6, 6.07) is 14.2. The number of phenols is 2. The number of benzene rings is 3. The molecule has 0 aliphatic rings. The zero-order valence-electron chi connectivity index (χ0n) is 30.8. The number of aromatic hydroxyl groups is 2. The number of allylic oxidation sites excluding steroid dienone is 5. The van der Waals surface area contributed by atoms with Crippen LogP contribution in [-0.4, -0.2) is 23.4 Å². The number of hydrogen-bond donors (Lipinski definition) is 2. The Labute approximate surface area is 291 Å². The Balaban J connectivity index is 1.88. The van der Waals surface area contributed by atoms with Crippen LogP contribution in [-0.2, 0) is 19.3 Å². The molecule has 3 rings (SSSR count). The van der Waals surface area contributed by atoms with E-state index in [4.69, 9.17) is 9.47 Å². The van der Waals surface area contributed by atoms with Gasteiger partial charge in [-0.3, -0.25) is 0 Å². The highest BCUT2D eigenvalue weighted by atomic mass is 16.5. The molecule has 3 aromatic rings. The maximum atomic E-state index is 11.4. The summed E-state index contributed by atoms with van der Waals surface area (Å²) in [7, 11) is 0. The Bertz CT molecular complexity index is 1550. The van der Waals surface area contributed by atoms with Crippen molar-refractivity contribution in [1.29, 1.82) is 0 Å². The minimum Gasteiger partial charge on any atom is -0.508 e. The highest BCUT2D eigenvalue weighted by molar-refractivity contribution is 5.86. The van der Waals surface area contributed by atoms with Crippen molar-refractivity contribution in [2.24, 2.45) is 0 Å². The molecule has 0 aromatic heterocycles. The monoisotopic (exact) mass is 652 g/mol. The van der Waals surface area contributed by atoms with Crippen LogP contribution in [0, 0.1) is 6.92 Å². The van der Waals surface area contributed by atoms with Gasteiger partial charge >= 0.3 is 0 Å². The largest absolute Gasteiger partial charge is 0.508 e. The fraction of sp³-hybridized carbons (Fsp3) is 0.455. The SMILES string of the molecule is C=C(C)c1ccc(C)cc1-c1c(O)cc(CCCCC)cc1OCCOc1cc(CCCCC)cc(O)c1C/C=C(\C)CCC=C(C)C. The molecule has 4 nitrogen and oxygen atoms in total. The molecule has 0 amide bonds. The van der Waals surface area contributed by atoms with Gasteiger partial charge in [-0.1, -0.05) is 98.7 Å². The second kappa shape index (κ2) is 19.8. The Hall–Kier alpha value is -3.92. The lowest BCUT2D eigenvalue weighted by Crippen LogP contribution is -2.11. The number of ether oxygens (including phenoxy) is 2. The number of rotatable bonds is 20. The van der Waals surface area contributed by atoms with E-state index in [0.717, 1.165) is 103 Å². The van der Waals surface area contributed by atoms with Crippen molar-refractivity contribution in [1.82, 2.24) is 0 Å². The number of hydrogen-bond acceptors (Lipinski definition) is 4. The number of aryl methyl sites for hydroxylation is 3. The molecule has 4 heteroatoms. The minimum atomic E-state index is 0.215. The van der Waals surface area contributed by atoms with Gasteiger partial charge in [0.1, 0.15) is 36.2 Å². The summed E-state index contributed by atoms with van der Waals surface area (Å²) in [5, 5.41) is 22.6. The summed E-state index contributed by atoms with van der Waals surface area (Å²) in [5.74, 6) is 1.85. The number of phenolic OH excluding ortho intramolecular Hbond substituents is 2. The first kappa shape index (κ1) is 38.5. The van der Waals surface area contributed by atoms with Gasteiger partial charge in [0.2, 0.25) is 0 Å². The smallest absolute Gasteiger partial charge is 0.131 e. The topological polar surface area (TPSA) is 58.9 Å². The molecule has 0 aliphatic carbocycles. The molecule has 0 aliphatic heterocycles. The van der Waals surface area contributed by atoms with E-state index in [1.54, 1.807) is 0 Å². The summed E-state index contributed by atoms with van der Waals surface area (Å²) < 4.78 is 12.9. The molecule has 2 N–H and O–H groups in total. The Morgan fingerprint density at radius 1 is 0.750 bits per heavy atom. The highest BCUT2D eigenvalue weighted by Crippen LogP contribution is 2.43. The third kappa shape index (κ3) is 12.0. The van der Waals surface area contributed by atoms with Crippen molar-refractivity contribution in [3.05, 3.63) is 100 Å². The molecule has 0 radical (unpaired) electrons. The van der Waals surface area contributed by atoms with Crippen molar-refractivity contribution < 1.29 is 19.7 Å². The standard InChI is InChI=1S/C44H60O4/c1-9-11-13-18-35-27-40(45)38(23-20-33(7)17-15-16-31(3)4)42(29-35)47-24-25-48-43-30-36(19-14-12-10-2)28-41(46)44(43)39-26-34(8)21-22-37(39)32(5)6/h16,20-22,26-30,45-46H,5,9-15,17-19,23-25H2,1-4,6-8H3/b33-20+. The molecule has 260 valence electrons. The molecular weight excluding hydrogens is 592 g/mol. The lowest BCUT2D eigenvalue weighted by atomic mass is 9.91. The fourth-order valence-corrected chi connectivity index (χ4v) is 6.01. The van der Waals surface area contributed by atoms with E-state index in [0.29, 0.717) is 30.1 Å². The molecule has 0 saturated heterocycles. The molecule has 0 heterocycles. The van der Waals surface area contributed by atoms with Gasteiger partial charge in [-0.2, -0.15) is 0 Å². The molecule has 0 saturated carbocycles. The minimum absolute atomic E-state index is 0.215. The predicted octanol–water partition coefficient (Wildman–Crippen LogP) is 12.3. The van der Waals surface area contributed by atoms with E-state index in [-0.39, 0.29) is 18.1 Å². The number of unbranched alkanes of at least 4 members (excludes halogenated alkanes) is 4. The van der Waals surface area contributed by atoms with Gasteiger partial charge in [-0.25, -0.2) is 0 Å². The lowest BCUT2D eigenvalue weighted by Gasteiger charge is -2.19. The van der Waals surface area contributed by atoms with Crippen molar-refractivity contribution in [3.8, 4) is 34.1 Å². The molecule has 0 fully saturated rings. The van der Waals surface area contributed by atoms with Crippen molar-refractivity contribution >= 4 is 5.57 Å². The van der Waals surface area contributed by atoms with Crippen LogP contribution in [0.25, 0.3) is 16.7 Å². The highest BCUT2D eigenvalue weighted by Gasteiger charge is 2.19. The molecule has 3 aromatic carbocycles. The van der Waals surface area contributed by atoms with Crippen LogP contribution in [0.2, 0.25) is 0 Å². The van der Waals surface area contributed by atoms with Gasteiger partial charge in [-0.05, 0) is 126 Å². The van der Waals surface area contributed by atoms with Crippen molar-refractivity contribution in [2.75, 3.05) is 13.2 Å². The zero-order chi connectivity index (χ0) is 35.1. The van der Waals surface area contributed by atoms with Crippen molar-refractivity contribution in [3.63, 3.8) is 0 Å². The molecule has 0 unspecified atom stereocenters. The maximum Gasteiger partial charge on any atom is 0.131 e. The third-order valence-corrected chi connectivity index (χ3v) is 8.77. The van der Waals surface area contributed by atoms with Gasteiger partial charge in [0.15, 0.2) is 0 Å². The second-order valence-electron chi connectivity index (χ2n) is 13.6. The van der Waals surface area contributed by atoms with E-state index in [1.807, 2.05) is 19.1 Å². The summed E-state index contributed by atoms with van der Waals surface area (Å²) in [5.41, 5.74) is 10.2. The fourth-order valence-electron chi connectivity index (χ4n) is 6.01. The Morgan fingerprint density at radius 3 is 1.96 bits per heavy atom. The molecule has 0 bridgehead atoms. The summed E-state index contributed by atoms with van der Waals surface area (Å²) >= 11 is 0. The first-order valence-electron chi connectivity index (χ1n) is 18.1.